The Balaban J connectivity index is 2.14. The van der Waals surface area contributed by atoms with Crippen molar-refractivity contribution < 1.29 is 14.5 Å². The van der Waals surface area contributed by atoms with Crippen molar-refractivity contribution in [1.29, 1.82) is 0 Å². The lowest BCUT2D eigenvalue weighted by Crippen LogP contribution is -2.14. The van der Waals surface area contributed by atoms with Gasteiger partial charge in [-0.15, -0.1) is 11.8 Å². The van der Waals surface area contributed by atoms with Crippen molar-refractivity contribution in [2.75, 3.05) is 12.9 Å². The molecule has 6 nitrogen and oxygen atoms in total. The van der Waals surface area contributed by atoms with E-state index < -0.39 is 4.92 Å². The second-order valence-corrected chi connectivity index (χ2v) is 5.56. The highest BCUT2D eigenvalue weighted by Gasteiger charge is 2.14. The zero-order chi connectivity index (χ0) is 15.4. The van der Waals surface area contributed by atoms with Gasteiger partial charge in [-0.25, -0.2) is 4.98 Å². The normalized spacial score (nSPS) is 12.1. The number of nitrogens with zero attached hydrogens (tertiary/aromatic N) is 2. The number of pyridine rings is 1. The molecule has 7 heteroatoms. The van der Waals surface area contributed by atoms with E-state index in [1.54, 1.807) is 25.1 Å². The van der Waals surface area contributed by atoms with Gasteiger partial charge in [-0.3, -0.25) is 14.9 Å². The van der Waals surface area contributed by atoms with E-state index in [4.69, 9.17) is 0 Å². The molecule has 1 aromatic carbocycles. The Kier molecular flexibility index (Phi) is 4.74. The summed E-state index contributed by atoms with van der Waals surface area (Å²) in [7, 11) is 1.37. The largest absolute Gasteiger partial charge is 0.469 e. The van der Waals surface area contributed by atoms with Gasteiger partial charge >= 0.3 is 5.97 Å². The number of hydrogen-bond acceptors (Lipinski definition) is 6. The van der Waals surface area contributed by atoms with Crippen LogP contribution in [0.1, 0.15) is 6.92 Å². The number of esters is 1. The van der Waals surface area contributed by atoms with Crippen molar-refractivity contribution in [3.05, 3.63) is 40.4 Å². The van der Waals surface area contributed by atoms with E-state index in [0.717, 1.165) is 10.4 Å². The fourth-order valence-corrected chi connectivity index (χ4v) is 2.65. The molecule has 2 aromatic rings. The third-order valence-corrected chi connectivity index (χ3v) is 4.13. The van der Waals surface area contributed by atoms with Crippen molar-refractivity contribution >= 4 is 34.3 Å². The van der Waals surface area contributed by atoms with Crippen LogP contribution in [-0.2, 0) is 9.53 Å². The Hall–Kier alpha value is -2.15. The van der Waals surface area contributed by atoms with Crippen molar-refractivity contribution in [1.82, 2.24) is 4.98 Å². The molecule has 1 aromatic heterocycles. The van der Waals surface area contributed by atoms with Crippen molar-refractivity contribution in [3.63, 3.8) is 0 Å². The number of carbonyl (C=O) groups is 1. The maximum absolute atomic E-state index is 11.3. The molecule has 2 rings (SSSR count). The first-order valence-electron chi connectivity index (χ1n) is 6.27. The molecule has 21 heavy (non-hydrogen) atoms. The third-order valence-electron chi connectivity index (χ3n) is 2.94. The standard InChI is InChI=1S/C14H14N2O4S/c1-9(14(17)20-2)8-21-13-6-3-10-7-11(16(18)19)4-5-12(10)15-13/h3-7,9H,8H2,1-2H3. The first-order valence-corrected chi connectivity index (χ1v) is 7.25. The molecule has 110 valence electrons. The van der Waals surface area contributed by atoms with E-state index in [2.05, 4.69) is 9.72 Å². The zero-order valence-corrected chi connectivity index (χ0v) is 12.4. The molecule has 1 heterocycles. The van der Waals surface area contributed by atoms with Gasteiger partial charge in [-0.2, -0.15) is 0 Å². The van der Waals surface area contributed by atoms with E-state index in [-0.39, 0.29) is 17.6 Å². The quantitative estimate of drug-likeness (QED) is 0.365. The first kappa shape index (κ1) is 15.2. The molecule has 0 saturated heterocycles. The number of fused-ring (bicyclic) bond motifs is 1. The minimum absolute atomic E-state index is 0.0454. The minimum atomic E-state index is -0.430. The summed E-state index contributed by atoms with van der Waals surface area (Å²) < 4.78 is 4.67. The number of carbonyl (C=O) groups excluding carboxylic acids is 1. The lowest BCUT2D eigenvalue weighted by molar-refractivity contribution is -0.384. The van der Waals surface area contributed by atoms with Crippen LogP contribution in [0.5, 0.6) is 0 Å². The zero-order valence-electron chi connectivity index (χ0n) is 11.6. The predicted octanol–water partition coefficient (Wildman–Crippen LogP) is 3.04. The van der Waals surface area contributed by atoms with Gasteiger partial charge in [0.2, 0.25) is 0 Å². The summed E-state index contributed by atoms with van der Waals surface area (Å²) in [5.74, 6) is 0.103. The summed E-state index contributed by atoms with van der Waals surface area (Å²) in [6, 6.07) is 8.14. The van der Waals surface area contributed by atoms with Gasteiger partial charge in [0.15, 0.2) is 0 Å². The molecule has 0 amide bonds. The van der Waals surface area contributed by atoms with Crippen LogP contribution in [0.15, 0.2) is 35.4 Å². The van der Waals surface area contributed by atoms with Crippen LogP contribution < -0.4 is 0 Å². The van der Waals surface area contributed by atoms with Crippen LogP contribution >= 0.6 is 11.8 Å². The molecule has 0 radical (unpaired) electrons. The molecule has 0 aliphatic heterocycles. The third kappa shape index (κ3) is 3.69. The molecule has 0 aliphatic carbocycles. The Morgan fingerprint density at radius 3 is 2.86 bits per heavy atom. The van der Waals surface area contributed by atoms with E-state index in [9.17, 15) is 14.9 Å². The van der Waals surface area contributed by atoms with Gasteiger partial charge < -0.3 is 4.74 Å². The SMILES string of the molecule is COC(=O)C(C)CSc1ccc2cc([N+](=O)[O-])ccc2n1. The molecule has 0 saturated carbocycles. The van der Waals surface area contributed by atoms with Gasteiger partial charge in [0.25, 0.3) is 5.69 Å². The fraction of sp³-hybridized carbons (Fsp3) is 0.286. The highest BCUT2D eigenvalue weighted by atomic mass is 32.2. The second-order valence-electron chi connectivity index (χ2n) is 4.52. The Labute approximate surface area is 125 Å². The van der Waals surface area contributed by atoms with Crippen molar-refractivity contribution in [2.45, 2.75) is 11.9 Å². The molecule has 0 N–H and O–H groups in total. The number of rotatable bonds is 5. The van der Waals surface area contributed by atoms with Crippen LogP contribution in [-0.4, -0.2) is 28.7 Å². The number of non-ortho nitro benzene ring substituents is 1. The van der Waals surface area contributed by atoms with Crippen LogP contribution in [0.4, 0.5) is 5.69 Å². The van der Waals surface area contributed by atoms with Crippen LogP contribution in [0.2, 0.25) is 0 Å². The summed E-state index contributed by atoms with van der Waals surface area (Å²) in [6.07, 6.45) is 0. The molecule has 0 fully saturated rings. The number of hydrogen-bond donors (Lipinski definition) is 0. The van der Waals surface area contributed by atoms with Crippen molar-refractivity contribution in [3.8, 4) is 0 Å². The Morgan fingerprint density at radius 2 is 2.19 bits per heavy atom. The van der Waals surface area contributed by atoms with Gasteiger partial charge in [0.1, 0.15) is 0 Å². The second kappa shape index (κ2) is 6.53. The number of aromatic nitrogens is 1. The number of nitro benzene ring substituents is 1. The molecular formula is C14H14N2O4S. The monoisotopic (exact) mass is 306 g/mol. The van der Waals surface area contributed by atoms with E-state index >= 15 is 0 Å². The molecule has 0 bridgehead atoms. The highest BCUT2D eigenvalue weighted by Crippen LogP contribution is 2.24. The fourth-order valence-electron chi connectivity index (χ4n) is 1.77. The van der Waals surface area contributed by atoms with Gasteiger partial charge in [-0.05, 0) is 18.2 Å². The van der Waals surface area contributed by atoms with Gasteiger partial charge in [0.05, 0.1) is 28.5 Å². The summed E-state index contributed by atoms with van der Waals surface area (Å²) in [6.45, 7) is 1.79. The molecule has 1 atom stereocenters. The molecule has 0 aliphatic rings. The summed E-state index contributed by atoms with van der Waals surface area (Å²) in [5.41, 5.74) is 0.736. The van der Waals surface area contributed by atoms with Crippen LogP contribution in [0, 0.1) is 16.0 Å². The lowest BCUT2D eigenvalue weighted by Gasteiger charge is -2.08. The Morgan fingerprint density at radius 1 is 1.43 bits per heavy atom. The average Bonchev–Trinajstić information content (AvgIpc) is 2.50. The maximum atomic E-state index is 11.3. The number of nitro groups is 1. The minimum Gasteiger partial charge on any atom is -0.469 e. The summed E-state index contributed by atoms with van der Waals surface area (Å²) in [4.78, 5) is 26.0. The highest BCUT2D eigenvalue weighted by molar-refractivity contribution is 7.99. The van der Waals surface area contributed by atoms with E-state index in [0.29, 0.717) is 11.3 Å². The molecular weight excluding hydrogens is 292 g/mol. The molecule has 1 unspecified atom stereocenters. The topological polar surface area (TPSA) is 82.3 Å². The van der Waals surface area contributed by atoms with E-state index in [1.807, 2.05) is 0 Å². The van der Waals surface area contributed by atoms with Crippen molar-refractivity contribution in [2.24, 2.45) is 5.92 Å². The molecule has 0 spiro atoms. The number of benzene rings is 1. The maximum Gasteiger partial charge on any atom is 0.309 e. The van der Waals surface area contributed by atoms with Crippen LogP contribution in [0.3, 0.4) is 0 Å². The summed E-state index contributed by atoms with van der Waals surface area (Å²) >= 11 is 1.45. The van der Waals surface area contributed by atoms with Gasteiger partial charge in [0, 0.05) is 23.3 Å². The number of methoxy groups -OCH3 is 1. The average molecular weight is 306 g/mol. The van der Waals surface area contributed by atoms with Gasteiger partial charge in [-0.1, -0.05) is 6.92 Å². The van der Waals surface area contributed by atoms with E-state index in [1.165, 1.54) is 31.0 Å². The first-order chi connectivity index (χ1) is 10.0. The van der Waals surface area contributed by atoms with Crippen LogP contribution in [0.25, 0.3) is 10.9 Å². The predicted molar refractivity (Wildman–Crippen MR) is 80.3 cm³/mol. The summed E-state index contributed by atoms with van der Waals surface area (Å²) in [5, 5.41) is 12.2. The Bertz CT molecular complexity index is 690. The smallest absolute Gasteiger partial charge is 0.309 e. The number of ether oxygens (including phenoxy) is 1. The number of thioether (sulfide) groups is 1. The lowest BCUT2D eigenvalue weighted by atomic mass is 10.2.